The Morgan fingerprint density at radius 3 is 2.61 bits per heavy atom. The molecular formula is C12H13N3O3. The lowest BCUT2D eigenvalue weighted by Gasteiger charge is -2.09. The number of ketones is 1. The fourth-order valence-electron chi connectivity index (χ4n) is 1.42. The Morgan fingerprint density at radius 1 is 1.39 bits per heavy atom. The molecule has 0 fully saturated rings. The van der Waals surface area contributed by atoms with Gasteiger partial charge in [-0.1, -0.05) is 35.4 Å². The highest BCUT2D eigenvalue weighted by atomic mass is 16.5. The Balaban J connectivity index is 2.80. The van der Waals surface area contributed by atoms with Crippen LogP contribution in [0.4, 0.5) is 0 Å². The van der Waals surface area contributed by atoms with Crippen molar-refractivity contribution >= 4 is 11.8 Å². The van der Waals surface area contributed by atoms with Crippen LogP contribution in [-0.4, -0.2) is 24.4 Å². The Bertz CT molecular complexity index is 467. The highest BCUT2D eigenvalue weighted by molar-refractivity contribution is 6.35. The molecule has 1 aromatic carbocycles. The van der Waals surface area contributed by atoms with Crippen molar-refractivity contribution in [2.75, 3.05) is 6.61 Å². The fourth-order valence-corrected chi connectivity index (χ4v) is 1.42. The molecule has 0 spiro atoms. The second-order valence-corrected chi connectivity index (χ2v) is 3.50. The third kappa shape index (κ3) is 3.92. The zero-order valence-corrected chi connectivity index (χ0v) is 9.94. The Kier molecular flexibility index (Phi) is 5.41. The molecule has 1 unspecified atom stereocenters. The van der Waals surface area contributed by atoms with Crippen molar-refractivity contribution in [1.29, 1.82) is 0 Å². The van der Waals surface area contributed by atoms with E-state index in [2.05, 4.69) is 14.8 Å². The molecule has 1 atom stereocenters. The predicted molar refractivity (Wildman–Crippen MR) is 64.7 cm³/mol. The van der Waals surface area contributed by atoms with Gasteiger partial charge < -0.3 is 4.74 Å². The van der Waals surface area contributed by atoms with Crippen molar-refractivity contribution in [3.8, 4) is 0 Å². The molecule has 0 aromatic heterocycles. The molecule has 0 bridgehead atoms. The molecular weight excluding hydrogens is 234 g/mol. The van der Waals surface area contributed by atoms with E-state index in [4.69, 9.17) is 5.53 Å². The van der Waals surface area contributed by atoms with E-state index in [0.29, 0.717) is 0 Å². The number of carbonyl (C=O) groups excluding carboxylic acids is 2. The van der Waals surface area contributed by atoms with E-state index in [1.807, 2.05) is 6.07 Å². The van der Waals surface area contributed by atoms with E-state index in [9.17, 15) is 9.59 Å². The van der Waals surface area contributed by atoms with Gasteiger partial charge in [0, 0.05) is 4.91 Å². The average molecular weight is 247 g/mol. The normalized spacial score (nSPS) is 11.2. The van der Waals surface area contributed by atoms with Gasteiger partial charge in [0.15, 0.2) is 0 Å². The molecule has 0 aliphatic carbocycles. The van der Waals surface area contributed by atoms with E-state index in [0.717, 1.165) is 5.56 Å². The van der Waals surface area contributed by atoms with E-state index >= 15 is 0 Å². The lowest BCUT2D eigenvalue weighted by atomic mass is 10.0. The largest absolute Gasteiger partial charge is 0.460 e. The molecule has 0 aliphatic rings. The summed E-state index contributed by atoms with van der Waals surface area (Å²) in [6, 6.07) is 7.96. The summed E-state index contributed by atoms with van der Waals surface area (Å²) in [6.07, 6.45) is 0.183. The van der Waals surface area contributed by atoms with Gasteiger partial charge in [0.05, 0.1) is 6.61 Å². The molecule has 0 amide bonds. The minimum Gasteiger partial charge on any atom is -0.460 e. The highest BCUT2D eigenvalue weighted by Gasteiger charge is 2.25. The molecule has 6 heteroatoms. The first-order valence-electron chi connectivity index (χ1n) is 5.48. The molecule has 94 valence electrons. The predicted octanol–water partition coefficient (Wildman–Crippen LogP) is 2.04. The first-order chi connectivity index (χ1) is 8.69. The van der Waals surface area contributed by atoms with Crippen molar-refractivity contribution in [2.24, 2.45) is 5.11 Å². The van der Waals surface area contributed by atoms with Crippen LogP contribution in [-0.2, 0) is 20.7 Å². The van der Waals surface area contributed by atoms with Gasteiger partial charge in [-0.15, -0.1) is 0 Å². The molecule has 0 saturated heterocycles. The van der Waals surface area contributed by atoms with Gasteiger partial charge in [-0.05, 0) is 24.4 Å². The smallest absolute Gasteiger partial charge is 0.375 e. The Morgan fingerprint density at radius 2 is 2.06 bits per heavy atom. The average Bonchev–Trinajstić information content (AvgIpc) is 2.39. The number of esters is 1. The summed E-state index contributed by atoms with van der Waals surface area (Å²) in [5, 5.41) is 3.35. The van der Waals surface area contributed by atoms with Crippen LogP contribution in [0.15, 0.2) is 35.4 Å². The minimum absolute atomic E-state index is 0.110. The number of hydrogen-bond acceptors (Lipinski definition) is 4. The summed E-state index contributed by atoms with van der Waals surface area (Å²) in [7, 11) is 0. The number of azide groups is 1. The number of hydrogen-bond donors (Lipinski definition) is 0. The number of nitrogens with zero attached hydrogens (tertiary/aromatic N) is 3. The van der Waals surface area contributed by atoms with Crippen LogP contribution in [0.1, 0.15) is 12.5 Å². The monoisotopic (exact) mass is 247 g/mol. The molecule has 1 rings (SSSR count). The number of ether oxygens (including phenoxy) is 1. The first kappa shape index (κ1) is 13.7. The SMILES string of the molecule is CCOC(=O)C(=O)C(Cc1ccccc1)N=[N+]=[N-]. The van der Waals surface area contributed by atoms with Crippen LogP contribution in [0.2, 0.25) is 0 Å². The van der Waals surface area contributed by atoms with Crippen molar-refractivity contribution in [3.63, 3.8) is 0 Å². The fraction of sp³-hybridized carbons (Fsp3) is 0.333. The van der Waals surface area contributed by atoms with E-state index < -0.39 is 17.8 Å². The maximum atomic E-state index is 11.7. The van der Waals surface area contributed by atoms with Gasteiger partial charge in [0.1, 0.15) is 6.04 Å². The summed E-state index contributed by atoms with van der Waals surface area (Å²) in [4.78, 5) is 25.6. The minimum atomic E-state index is -1.06. The quantitative estimate of drug-likeness (QED) is 0.253. The second kappa shape index (κ2) is 7.09. The summed E-state index contributed by atoms with van der Waals surface area (Å²) >= 11 is 0. The van der Waals surface area contributed by atoms with Gasteiger partial charge in [-0.3, -0.25) is 4.79 Å². The highest BCUT2D eigenvalue weighted by Crippen LogP contribution is 2.08. The number of carbonyl (C=O) groups is 2. The van der Waals surface area contributed by atoms with E-state index in [1.54, 1.807) is 31.2 Å². The van der Waals surface area contributed by atoms with E-state index in [-0.39, 0.29) is 13.0 Å². The van der Waals surface area contributed by atoms with Crippen LogP contribution in [0, 0.1) is 0 Å². The van der Waals surface area contributed by atoms with Crippen molar-refractivity contribution in [3.05, 3.63) is 46.3 Å². The molecule has 6 nitrogen and oxygen atoms in total. The lowest BCUT2D eigenvalue weighted by Crippen LogP contribution is -2.30. The first-order valence-corrected chi connectivity index (χ1v) is 5.48. The molecule has 0 saturated carbocycles. The molecule has 1 aromatic rings. The molecule has 18 heavy (non-hydrogen) atoms. The molecule has 0 radical (unpaired) electrons. The van der Waals surface area contributed by atoms with Crippen molar-refractivity contribution in [2.45, 2.75) is 19.4 Å². The van der Waals surface area contributed by atoms with Gasteiger partial charge >= 0.3 is 5.97 Å². The maximum absolute atomic E-state index is 11.7. The van der Waals surface area contributed by atoms with Crippen molar-refractivity contribution in [1.82, 2.24) is 0 Å². The van der Waals surface area contributed by atoms with Gasteiger partial charge in [-0.25, -0.2) is 4.79 Å². The summed E-state index contributed by atoms with van der Waals surface area (Å²) < 4.78 is 4.60. The third-order valence-electron chi connectivity index (χ3n) is 2.24. The second-order valence-electron chi connectivity index (χ2n) is 3.50. The van der Waals surface area contributed by atoms with Crippen molar-refractivity contribution < 1.29 is 14.3 Å². The number of benzene rings is 1. The number of Topliss-reactive ketones (excluding diaryl/α,β-unsaturated/α-hetero) is 1. The zero-order chi connectivity index (χ0) is 13.4. The Hall–Kier alpha value is -2.33. The van der Waals surface area contributed by atoms with Gasteiger partial charge in [0.25, 0.3) is 0 Å². The molecule has 0 aliphatic heterocycles. The third-order valence-corrected chi connectivity index (χ3v) is 2.24. The summed E-state index contributed by atoms with van der Waals surface area (Å²) in [5.41, 5.74) is 9.24. The van der Waals surface area contributed by atoms with Gasteiger partial charge in [-0.2, -0.15) is 0 Å². The molecule has 0 N–H and O–H groups in total. The maximum Gasteiger partial charge on any atom is 0.375 e. The van der Waals surface area contributed by atoms with Crippen LogP contribution < -0.4 is 0 Å². The summed E-state index contributed by atoms with van der Waals surface area (Å²) in [6.45, 7) is 1.71. The van der Waals surface area contributed by atoms with E-state index in [1.165, 1.54) is 0 Å². The summed E-state index contributed by atoms with van der Waals surface area (Å²) in [5.74, 6) is -1.79. The number of rotatable bonds is 6. The van der Waals surface area contributed by atoms with Crippen LogP contribution in [0.5, 0.6) is 0 Å². The van der Waals surface area contributed by atoms with Crippen LogP contribution in [0.25, 0.3) is 10.4 Å². The topological polar surface area (TPSA) is 92.1 Å². The zero-order valence-electron chi connectivity index (χ0n) is 9.94. The standard InChI is InChI=1S/C12H13N3O3/c1-2-18-12(17)11(16)10(14-15-13)8-9-6-4-3-5-7-9/h3-7,10H,2,8H2,1H3. The van der Waals surface area contributed by atoms with Gasteiger partial charge in [0.2, 0.25) is 5.78 Å². The van der Waals surface area contributed by atoms with Crippen LogP contribution >= 0.6 is 0 Å². The van der Waals surface area contributed by atoms with Crippen LogP contribution in [0.3, 0.4) is 0 Å². The Labute approximate surface area is 104 Å². The molecule has 0 heterocycles. The lowest BCUT2D eigenvalue weighted by molar-refractivity contribution is -0.154.